The molecule has 0 spiro atoms. The molecule has 0 aliphatic heterocycles. The first-order chi connectivity index (χ1) is 15.1. The summed E-state index contributed by atoms with van der Waals surface area (Å²) in [6, 6.07) is 15.3. The maximum Gasteiger partial charge on any atom is 0.261 e. The van der Waals surface area contributed by atoms with Gasteiger partial charge in [-0.25, -0.2) is 0 Å². The molecule has 8 heteroatoms. The summed E-state index contributed by atoms with van der Waals surface area (Å²) in [6.07, 6.45) is 4.20. The topological polar surface area (TPSA) is 77.7 Å². The van der Waals surface area contributed by atoms with Crippen LogP contribution in [0.15, 0.2) is 53.1 Å². The average molecular weight is 533 g/mol. The summed E-state index contributed by atoms with van der Waals surface area (Å²) in [4.78, 5) is 19.3. The minimum Gasteiger partial charge on any atom is -0.497 e. The maximum absolute atomic E-state index is 13.0. The van der Waals surface area contributed by atoms with Gasteiger partial charge in [0.05, 0.1) is 7.11 Å². The van der Waals surface area contributed by atoms with Crippen LogP contribution in [0.25, 0.3) is 11.4 Å². The SMILES string of the molecule is COc1ccc(-c2noc(CN(C(=O)COc3ccc(I)cc3)C3CCCC3)n2)cc1. The number of benzene rings is 2. The van der Waals surface area contributed by atoms with Crippen LogP contribution in [0.2, 0.25) is 0 Å². The highest BCUT2D eigenvalue weighted by molar-refractivity contribution is 14.1. The largest absolute Gasteiger partial charge is 0.497 e. The number of ether oxygens (including phenoxy) is 2. The predicted molar refractivity (Wildman–Crippen MR) is 124 cm³/mol. The lowest BCUT2D eigenvalue weighted by molar-refractivity contribution is -0.136. The van der Waals surface area contributed by atoms with Crippen molar-refractivity contribution in [1.82, 2.24) is 15.0 Å². The summed E-state index contributed by atoms with van der Waals surface area (Å²) in [7, 11) is 1.62. The molecule has 0 atom stereocenters. The van der Waals surface area contributed by atoms with Crippen LogP contribution in [0.1, 0.15) is 31.6 Å². The standard InChI is InChI=1S/C23H24IN3O4/c1-29-19-10-6-16(7-11-19)23-25-21(31-26-23)14-27(18-4-2-3-5-18)22(28)15-30-20-12-8-17(24)9-13-20/h6-13,18H,2-5,14-15H2,1H3. The van der Waals surface area contributed by atoms with E-state index in [1.807, 2.05) is 53.4 Å². The number of aromatic nitrogens is 2. The third-order valence-electron chi connectivity index (χ3n) is 5.38. The predicted octanol–water partition coefficient (Wildman–Crippen LogP) is 4.70. The first kappa shape index (κ1) is 21.6. The molecule has 1 saturated carbocycles. The van der Waals surface area contributed by atoms with Gasteiger partial charge in [-0.1, -0.05) is 18.0 Å². The number of nitrogens with zero attached hydrogens (tertiary/aromatic N) is 3. The van der Waals surface area contributed by atoms with E-state index in [1.54, 1.807) is 7.11 Å². The summed E-state index contributed by atoms with van der Waals surface area (Å²) >= 11 is 2.24. The van der Waals surface area contributed by atoms with E-state index in [-0.39, 0.29) is 25.1 Å². The molecule has 2 aromatic carbocycles. The monoisotopic (exact) mass is 533 g/mol. The van der Waals surface area contributed by atoms with Crippen molar-refractivity contribution in [2.24, 2.45) is 0 Å². The third-order valence-corrected chi connectivity index (χ3v) is 6.10. The number of halogens is 1. The molecule has 1 aliphatic rings. The maximum atomic E-state index is 13.0. The smallest absolute Gasteiger partial charge is 0.261 e. The second-order valence-corrected chi connectivity index (χ2v) is 8.69. The number of hydrogen-bond acceptors (Lipinski definition) is 6. The minimum absolute atomic E-state index is 0.0173. The fourth-order valence-corrected chi connectivity index (χ4v) is 4.08. The summed E-state index contributed by atoms with van der Waals surface area (Å²) in [6.45, 7) is 0.263. The molecule has 1 fully saturated rings. The Balaban J connectivity index is 1.44. The summed E-state index contributed by atoms with van der Waals surface area (Å²) in [5, 5.41) is 4.09. The molecule has 0 radical (unpaired) electrons. The van der Waals surface area contributed by atoms with Crippen LogP contribution in [0, 0.1) is 3.57 Å². The molecular weight excluding hydrogens is 509 g/mol. The van der Waals surface area contributed by atoms with Gasteiger partial charge in [0.15, 0.2) is 6.61 Å². The van der Waals surface area contributed by atoms with Gasteiger partial charge in [-0.15, -0.1) is 0 Å². The Bertz CT molecular complexity index is 998. The molecule has 7 nitrogen and oxygen atoms in total. The number of hydrogen-bond donors (Lipinski definition) is 0. The van der Waals surface area contributed by atoms with Crippen molar-refractivity contribution in [3.8, 4) is 22.9 Å². The lowest BCUT2D eigenvalue weighted by Gasteiger charge is -2.27. The van der Waals surface area contributed by atoms with Gasteiger partial charge in [-0.05, 0) is 84.0 Å². The quantitative estimate of drug-likeness (QED) is 0.391. The zero-order valence-electron chi connectivity index (χ0n) is 17.3. The van der Waals surface area contributed by atoms with Gasteiger partial charge in [0.1, 0.15) is 18.0 Å². The number of methoxy groups -OCH3 is 1. The highest BCUT2D eigenvalue weighted by atomic mass is 127. The van der Waals surface area contributed by atoms with Gasteiger partial charge in [0, 0.05) is 15.2 Å². The van der Waals surface area contributed by atoms with Crippen molar-refractivity contribution in [1.29, 1.82) is 0 Å². The molecule has 1 aromatic heterocycles. The summed E-state index contributed by atoms with van der Waals surface area (Å²) in [5.74, 6) is 2.28. The Kier molecular flexibility index (Phi) is 7.06. The van der Waals surface area contributed by atoms with E-state index in [1.165, 1.54) is 0 Å². The lowest BCUT2D eigenvalue weighted by Crippen LogP contribution is -2.41. The third kappa shape index (κ3) is 5.55. The van der Waals surface area contributed by atoms with Crippen LogP contribution in [0.3, 0.4) is 0 Å². The number of carbonyl (C=O) groups is 1. The van der Waals surface area contributed by atoms with Crippen LogP contribution in [-0.2, 0) is 11.3 Å². The average Bonchev–Trinajstić information content (AvgIpc) is 3.49. The van der Waals surface area contributed by atoms with E-state index in [2.05, 4.69) is 32.7 Å². The second kappa shape index (κ2) is 10.1. The molecule has 0 unspecified atom stereocenters. The van der Waals surface area contributed by atoms with Gasteiger partial charge in [0.2, 0.25) is 11.7 Å². The Morgan fingerprint density at radius 2 is 1.77 bits per heavy atom. The molecule has 3 aromatic rings. The fourth-order valence-electron chi connectivity index (χ4n) is 3.72. The molecule has 4 rings (SSSR count). The van der Waals surface area contributed by atoms with Crippen molar-refractivity contribution in [3.05, 3.63) is 58.0 Å². The fraction of sp³-hybridized carbons (Fsp3) is 0.348. The molecule has 31 heavy (non-hydrogen) atoms. The zero-order valence-corrected chi connectivity index (χ0v) is 19.4. The van der Waals surface area contributed by atoms with E-state index in [9.17, 15) is 4.79 Å². The van der Waals surface area contributed by atoms with Crippen molar-refractivity contribution in [2.75, 3.05) is 13.7 Å². The Labute approximate surface area is 194 Å². The van der Waals surface area contributed by atoms with Gasteiger partial charge < -0.3 is 18.9 Å². The van der Waals surface area contributed by atoms with Crippen molar-refractivity contribution in [2.45, 2.75) is 38.3 Å². The number of carbonyl (C=O) groups excluding carboxylic acids is 1. The van der Waals surface area contributed by atoms with Gasteiger partial charge in [-0.3, -0.25) is 4.79 Å². The highest BCUT2D eigenvalue weighted by Gasteiger charge is 2.28. The normalized spacial score (nSPS) is 13.9. The van der Waals surface area contributed by atoms with Crippen LogP contribution >= 0.6 is 22.6 Å². The molecule has 1 heterocycles. The van der Waals surface area contributed by atoms with E-state index < -0.39 is 0 Å². The lowest BCUT2D eigenvalue weighted by atomic mass is 10.2. The molecule has 0 N–H and O–H groups in total. The van der Waals surface area contributed by atoms with Gasteiger partial charge >= 0.3 is 0 Å². The van der Waals surface area contributed by atoms with Crippen LogP contribution in [0.4, 0.5) is 0 Å². The number of amides is 1. The second-order valence-electron chi connectivity index (χ2n) is 7.44. The van der Waals surface area contributed by atoms with Crippen LogP contribution in [-0.4, -0.2) is 40.7 Å². The summed E-state index contributed by atoms with van der Waals surface area (Å²) < 4.78 is 17.5. The Morgan fingerprint density at radius 3 is 2.45 bits per heavy atom. The first-order valence-corrected chi connectivity index (χ1v) is 11.3. The van der Waals surface area contributed by atoms with Gasteiger partial charge in [-0.2, -0.15) is 4.98 Å². The van der Waals surface area contributed by atoms with Crippen LogP contribution < -0.4 is 9.47 Å². The molecule has 162 valence electrons. The summed E-state index contributed by atoms with van der Waals surface area (Å²) in [5.41, 5.74) is 0.830. The Hall–Kier alpha value is -2.62. The number of rotatable bonds is 8. The molecule has 0 saturated heterocycles. The molecule has 1 aliphatic carbocycles. The van der Waals surface area contributed by atoms with Crippen molar-refractivity contribution >= 4 is 28.5 Å². The molecule has 1 amide bonds. The van der Waals surface area contributed by atoms with Crippen molar-refractivity contribution < 1.29 is 18.8 Å². The van der Waals surface area contributed by atoms with E-state index in [0.717, 1.165) is 40.6 Å². The first-order valence-electron chi connectivity index (χ1n) is 10.3. The Morgan fingerprint density at radius 1 is 1.10 bits per heavy atom. The van der Waals surface area contributed by atoms with E-state index in [0.29, 0.717) is 17.5 Å². The van der Waals surface area contributed by atoms with Gasteiger partial charge in [0.25, 0.3) is 5.91 Å². The minimum atomic E-state index is -0.0744. The highest BCUT2D eigenvalue weighted by Crippen LogP contribution is 2.26. The molecular formula is C23H24IN3O4. The van der Waals surface area contributed by atoms with Crippen molar-refractivity contribution in [3.63, 3.8) is 0 Å². The molecule has 0 bridgehead atoms. The van der Waals surface area contributed by atoms with E-state index >= 15 is 0 Å². The zero-order chi connectivity index (χ0) is 21.6. The van der Waals surface area contributed by atoms with Crippen LogP contribution in [0.5, 0.6) is 11.5 Å². The van der Waals surface area contributed by atoms with E-state index in [4.69, 9.17) is 14.0 Å².